The van der Waals surface area contributed by atoms with Crippen molar-refractivity contribution in [2.24, 2.45) is 0 Å². The smallest absolute Gasteiger partial charge is 0.0201 e. The lowest BCUT2D eigenvalue weighted by Gasteiger charge is -2.32. The van der Waals surface area contributed by atoms with E-state index in [4.69, 9.17) is 0 Å². The lowest BCUT2D eigenvalue weighted by atomic mass is 9.95. The van der Waals surface area contributed by atoms with Gasteiger partial charge >= 0.3 is 0 Å². The number of nitrogens with one attached hydrogen (secondary N) is 1. The Hall–Kier alpha value is 0.270. The predicted octanol–water partition coefficient (Wildman–Crippen LogP) is 2.59. The van der Waals surface area contributed by atoms with Gasteiger partial charge in [0.2, 0.25) is 0 Å². The normalized spacial score (nSPS) is 26.2. The maximum absolute atomic E-state index is 3.73. The first-order valence-electron chi connectivity index (χ1n) is 6.73. The summed E-state index contributed by atoms with van der Waals surface area (Å²) in [4.78, 5) is 2.28. The Balaban J connectivity index is 2.23. The second kappa shape index (κ2) is 8.37. The molecule has 1 saturated carbocycles. The topological polar surface area (TPSA) is 15.3 Å². The molecular weight excluding hydrogens is 216 g/mol. The van der Waals surface area contributed by atoms with Crippen LogP contribution in [0.3, 0.4) is 0 Å². The summed E-state index contributed by atoms with van der Waals surface area (Å²) in [6.07, 6.45) is 6.92. The Kier molecular flexibility index (Phi) is 7.50. The lowest BCUT2D eigenvalue weighted by Crippen LogP contribution is -2.41. The van der Waals surface area contributed by atoms with Gasteiger partial charge in [0.05, 0.1) is 0 Å². The van der Waals surface area contributed by atoms with E-state index in [2.05, 4.69) is 43.0 Å². The minimum Gasteiger partial charge on any atom is -0.313 e. The highest BCUT2D eigenvalue weighted by atomic mass is 32.2. The average Bonchev–Trinajstić information content (AvgIpc) is 2.27. The summed E-state index contributed by atoms with van der Waals surface area (Å²) in [5, 5.41) is 4.59. The van der Waals surface area contributed by atoms with Crippen molar-refractivity contribution < 1.29 is 0 Å². The third-order valence-electron chi connectivity index (χ3n) is 3.23. The highest BCUT2D eigenvalue weighted by Gasteiger charge is 2.24. The van der Waals surface area contributed by atoms with Gasteiger partial charge in [0, 0.05) is 23.6 Å². The summed E-state index contributed by atoms with van der Waals surface area (Å²) in [5.41, 5.74) is 0. The van der Waals surface area contributed by atoms with Gasteiger partial charge in [0.25, 0.3) is 0 Å². The molecule has 0 heterocycles. The number of rotatable bonds is 7. The van der Waals surface area contributed by atoms with Crippen LogP contribution in [-0.4, -0.2) is 49.1 Å². The standard InChI is InChI=1S/C13H28N2S/c1-4-9-14-12-7-5-6-8-13(12)16-11-10-15(2)3/h12-14H,4-11H2,1-3H3. The van der Waals surface area contributed by atoms with Crippen LogP contribution in [0.25, 0.3) is 0 Å². The van der Waals surface area contributed by atoms with Gasteiger partial charge in [-0.05, 0) is 39.9 Å². The Bertz CT molecular complexity index is 173. The van der Waals surface area contributed by atoms with Crippen molar-refractivity contribution in [3.8, 4) is 0 Å². The molecule has 0 radical (unpaired) electrons. The zero-order valence-corrected chi connectivity index (χ0v) is 12.0. The summed E-state index contributed by atoms with van der Waals surface area (Å²) < 4.78 is 0. The van der Waals surface area contributed by atoms with E-state index in [0.29, 0.717) is 0 Å². The highest BCUT2D eigenvalue weighted by molar-refractivity contribution is 8.00. The molecule has 2 nitrogen and oxygen atoms in total. The third-order valence-corrected chi connectivity index (χ3v) is 4.64. The Morgan fingerprint density at radius 2 is 2.00 bits per heavy atom. The molecule has 2 atom stereocenters. The van der Waals surface area contributed by atoms with E-state index < -0.39 is 0 Å². The molecule has 0 amide bonds. The molecule has 1 rings (SSSR count). The number of nitrogens with zero attached hydrogens (tertiary/aromatic N) is 1. The van der Waals surface area contributed by atoms with Crippen molar-refractivity contribution in [3.05, 3.63) is 0 Å². The van der Waals surface area contributed by atoms with E-state index in [0.717, 1.165) is 11.3 Å². The lowest BCUT2D eigenvalue weighted by molar-refractivity contribution is 0.383. The van der Waals surface area contributed by atoms with Gasteiger partial charge in [-0.3, -0.25) is 0 Å². The maximum Gasteiger partial charge on any atom is 0.0201 e. The quantitative estimate of drug-likeness (QED) is 0.741. The van der Waals surface area contributed by atoms with Crippen LogP contribution < -0.4 is 5.32 Å². The first kappa shape index (κ1) is 14.3. The summed E-state index contributed by atoms with van der Waals surface area (Å²) >= 11 is 2.18. The largest absolute Gasteiger partial charge is 0.313 e. The molecule has 16 heavy (non-hydrogen) atoms. The van der Waals surface area contributed by atoms with E-state index in [1.165, 1.54) is 50.9 Å². The van der Waals surface area contributed by atoms with Gasteiger partial charge in [0.1, 0.15) is 0 Å². The van der Waals surface area contributed by atoms with Crippen LogP contribution in [0, 0.1) is 0 Å². The van der Waals surface area contributed by atoms with Crippen LogP contribution in [0.15, 0.2) is 0 Å². The van der Waals surface area contributed by atoms with Crippen LogP contribution in [0.5, 0.6) is 0 Å². The Morgan fingerprint density at radius 1 is 1.25 bits per heavy atom. The van der Waals surface area contributed by atoms with Crippen LogP contribution in [-0.2, 0) is 0 Å². The molecule has 0 aliphatic heterocycles. The summed E-state index contributed by atoms with van der Waals surface area (Å²) in [5.74, 6) is 1.28. The number of thioether (sulfide) groups is 1. The summed E-state index contributed by atoms with van der Waals surface area (Å²) in [6.45, 7) is 4.65. The zero-order chi connectivity index (χ0) is 11.8. The second-order valence-corrected chi connectivity index (χ2v) is 6.40. The van der Waals surface area contributed by atoms with E-state index >= 15 is 0 Å². The van der Waals surface area contributed by atoms with E-state index in [-0.39, 0.29) is 0 Å². The van der Waals surface area contributed by atoms with E-state index in [1.54, 1.807) is 0 Å². The minimum atomic E-state index is 0.779. The Morgan fingerprint density at radius 3 is 2.69 bits per heavy atom. The van der Waals surface area contributed by atoms with Crippen molar-refractivity contribution >= 4 is 11.8 Å². The van der Waals surface area contributed by atoms with Crippen LogP contribution >= 0.6 is 11.8 Å². The molecular formula is C13H28N2S. The molecule has 96 valence electrons. The molecule has 1 fully saturated rings. The van der Waals surface area contributed by atoms with Crippen molar-refractivity contribution in [1.82, 2.24) is 10.2 Å². The highest BCUT2D eigenvalue weighted by Crippen LogP contribution is 2.28. The molecule has 3 heteroatoms. The third kappa shape index (κ3) is 5.55. The summed E-state index contributed by atoms with van der Waals surface area (Å²) in [6, 6.07) is 0.779. The first-order valence-corrected chi connectivity index (χ1v) is 7.78. The van der Waals surface area contributed by atoms with Gasteiger partial charge < -0.3 is 10.2 Å². The fourth-order valence-electron chi connectivity index (χ4n) is 2.25. The van der Waals surface area contributed by atoms with Gasteiger partial charge in [-0.2, -0.15) is 11.8 Å². The molecule has 1 N–H and O–H groups in total. The molecule has 1 aliphatic carbocycles. The second-order valence-electron chi connectivity index (χ2n) is 5.06. The summed E-state index contributed by atoms with van der Waals surface area (Å²) in [7, 11) is 4.32. The average molecular weight is 244 g/mol. The van der Waals surface area contributed by atoms with Crippen molar-refractivity contribution in [2.45, 2.75) is 50.3 Å². The molecule has 2 unspecified atom stereocenters. The predicted molar refractivity (Wildman–Crippen MR) is 75.3 cm³/mol. The molecule has 0 aromatic carbocycles. The zero-order valence-electron chi connectivity index (χ0n) is 11.2. The Labute approximate surface area is 106 Å². The SMILES string of the molecule is CCCNC1CCCCC1SCCN(C)C. The molecule has 0 spiro atoms. The van der Waals surface area contributed by atoms with Gasteiger partial charge in [-0.25, -0.2) is 0 Å². The first-order chi connectivity index (χ1) is 7.74. The minimum absolute atomic E-state index is 0.779. The van der Waals surface area contributed by atoms with Crippen molar-refractivity contribution in [1.29, 1.82) is 0 Å². The van der Waals surface area contributed by atoms with Crippen LogP contribution in [0.4, 0.5) is 0 Å². The number of hydrogen-bond acceptors (Lipinski definition) is 3. The fraction of sp³-hybridized carbons (Fsp3) is 1.00. The van der Waals surface area contributed by atoms with Crippen molar-refractivity contribution in [2.75, 3.05) is 32.9 Å². The molecule has 0 aromatic rings. The van der Waals surface area contributed by atoms with Gasteiger partial charge in [0.15, 0.2) is 0 Å². The van der Waals surface area contributed by atoms with Crippen LogP contribution in [0.2, 0.25) is 0 Å². The molecule has 0 aromatic heterocycles. The van der Waals surface area contributed by atoms with Gasteiger partial charge in [-0.1, -0.05) is 19.8 Å². The van der Waals surface area contributed by atoms with Crippen molar-refractivity contribution in [3.63, 3.8) is 0 Å². The number of hydrogen-bond donors (Lipinski definition) is 1. The van der Waals surface area contributed by atoms with E-state index in [1.807, 2.05) is 0 Å². The molecule has 0 bridgehead atoms. The monoisotopic (exact) mass is 244 g/mol. The van der Waals surface area contributed by atoms with Gasteiger partial charge in [-0.15, -0.1) is 0 Å². The van der Waals surface area contributed by atoms with Crippen LogP contribution in [0.1, 0.15) is 39.0 Å². The van der Waals surface area contributed by atoms with E-state index in [9.17, 15) is 0 Å². The molecule has 0 saturated heterocycles. The fourth-order valence-corrected chi connectivity index (χ4v) is 3.82. The maximum atomic E-state index is 3.73. The molecule has 1 aliphatic rings.